The summed E-state index contributed by atoms with van der Waals surface area (Å²) in [5, 5.41) is 0. The zero-order chi connectivity index (χ0) is 13.7. The second kappa shape index (κ2) is 6.53. The van der Waals surface area contributed by atoms with Crippen molar-refractivity contribution in [2.24, 2.45) is 11.7 Å². The van der Waals surface area contributed by atoms with Gasteiger partial charge in [0.2, 0.25) is 0 Å². The normalized spacial score (nSPS) is 27.7. The summed E-state index contributed by atoms with van der Waals surface area (Å²) in [7, 11) is 0. The van der Waals surface area contributed by atoms with Crippen molar-refractivity contribution in [2.75, 3.05) is 13.1 Å². The number of nitrogens with zero attached hydrogens (tertiary/aromatic N) is 1. The third kappa shape index (κ3) is 4.32. The number of rotatable bonds is 5. The molecule has 0 aromatic heterocycles. The quantitative estimate of drug-likeness (QED) is 0.879. The molecule has 0 saturated heterocycles. The standard InChI is InChI=1S/C17H28N2/c1-3-19(13-16-9-5-4-6-10-16)14-17(18)11-7-8-15(2)12-17/h4-6,9-10,15H,3,7-8,11-14,18H2,1-2H3. The molecule has 1 aliphatic rings. The van der Waals surface area contributed by atoms with Crippen LogP contribution in [-0.2, 0) is 6.54 Å². The minimum atomic E-state index is 0.0302. The molecule has 2 nitrogen and oxygen atoms in total. The molecule has 0 spiro atoms. The first kappa shape index (κ1) is 14.5. The Kier molecular flexibility index (Phi) is 5.00. The average molecular weight is 260 g/mol. The van der Waals surface area contributed by atoms with Gasteiger partial charge in [0.15, 0.2) is 0 Å². The van der Waals surface area contributed by atoms with Gasteiger partial charge in [-0.05, 0) is 30.9 Å². The van der Waals surface area contributed by atoms with Crippen molar-refractivity contribution in [1.29, 1.82) is 0 Å². The molecule has 1 aromatic carbocycles. The maximum Gasteiger partial charge on any atom is 0.0286 e. The van der Waals surface area contributed by atoms with E-state index in [0.717, 1.165) is 25.6 Å². The summed E-state index contributed by atoms with van der Waals surface area (Å²) in [6.07, 6.45) is 5.01. The van der Waals surface area contributed by atoms with Crippen molar-refractivity contribution >= 4 is 0 Å². The van der Waals surface area contributed by atoms with Crippen molar-refractivity contribution in [3.8, 4) is 0 Å². The van der Waals surface area contributed by atoms with E-state index >= 15 is 0 Å². The predicted octanol–water partition coefficient (Wildman–Crippen LogP) is 3.42. The molecule has 0 radical (unpaired) electrons. The van der Waals surface area contributed by atoms with E-state index in [-0.39, 0.29) is 5.54 Å². The van der Waals surface area contributed by atoms with Crippen molar-refractivity contribution < 1.29 is 0 Å². The fraction of sp³-hybridized carbons (Fsp3) is 0.647. The first-order valence-corrected chi connectivity index (χ1v) is 7.66. The van der Waals surface area contributed by atoms with Crippen LogP contribution >= 0.6 is 0 Å². The zero-order valence-electron chi connectivity index (χ0n) is 12.4. The number of likely N-dealkylation sites (N-methyl/N-ethyl adjacent to an activating group) is 1. The van der Waals surface area contributed by atoms with Gasteiger partial charge in [0.25, 0.3) is 0 Å². The van der Waals surface area contributed by atoms with Gasteiger partial charge in [-0.15, -0.1) is 0 Å². The van der Waals surface area contributed by atoms with Crippen molar-refractivity contribution in [3.63, 3.8) is 0 Å². The molecule has 1 aromatic rings. The van der Waals surface area contributed by atoms with Gasteiger partial charge in [-0.2, -0.15) is 0 Å². The van der Waals surface area contributed by atoms with E-state index in [1.165, 1.54) is 31.2 Å². The smallest absolute Gasteiger partial charge is 0.0286 e. The zero-order valence-corrected chi connectivity index (χ0v) is 12.4. The van der Waals surface area contributed by atoms with Gasteiger partial charge in [-0.1, -0.05) is 57.0 Å². The lowest BCUT2D eigenvalue weighted by atomic mass is 9.77. The molecule has 0 heterocycles. The molecule has 2 unspecified atom stereocenters. The van der Waals surface area contributed by atoms with Gasteiger partial charge < -0.3 is 5.73 Å². The Morgan fingerprint density at radius 2 is 2.05 bits per heavy atom. The number of nitrogens with two attached hydrogens (primary N) is 1. The summed E-state index contributed by atoms with van der Waals surface area (Å²) in [5.41, 5.74) is 8.05. The topological polar surface area (TPSA) is 29.3 Å². The lowest BCUT2D eigenvalue weighted by Crippen LogP contribution is -2.52. The van der Waals surface area contributed by atoms with Crippen LogP contribution in [0.1, 0.15) is 45.1 Å². The van der Waals surface area contributed by atoms with E-state index in [9.17, 15) is 0 Å². The van der Waals surface area contributed by atoms with E-state index in [1.807, 2.05) is 0 Å². The van der Waals surface area contributed by atoms with Crippen LogP contribution in [0.5, 0.6) is 0 Å². The lowest BCUT2D eigenvalue weighted by molar-refractivity contribution is 0.150. The summed E-state index contributed by atoms with van der Waals surface area (Å²) in [6.45, 7) is 7.70. The number of hydrogen-bond donors (Lipinski definition) is 1. The molecular formula is C17H28N2. The van der Waals surface area contributed by atoms with Crippen LogP contribution < -0.4 is 5.73 Å². The minimum absolute atomic E-state index is 0.0302. The van der Waals surface area contributed by atoms with Crippen LogP contribution in [0.25, 0.3) is 0 Å². The van der Waals surface area contributed by atoms with Gasteiger partial charge in [0.05, 0.1) is 0 Å². The maximum atomic E-state index is 6.64. The molecule has 1 saturated carbocycles. The van der Waals surface area contributed by atoms with Crippen LogP contribution in [0.4, 0.5) is 0 Å². The molecule has 2 rings (SSSR count). The largest absolute Gasteiger partial charge is 0.324 e. The third-order valence-corrected chi connectivity index (χ3v) is 4.36. The Morgan fingerprint density at radius 1 is 1.32 bits per heavy atom. The number of benzene rings is 1. The Labute approximate surface area is 118 Å². The molecule has 0 bridgehead atoms. The van der Waals surface area contributed by atoms with Crippen molar-refractivity contribution in [1.82, 2.24) is 4.90 Å². The highest BCUT2D eigenvalue weighted by molar-refractivity contribution is 5.14. The molecule has 19 heavy (non-hydrogen) atoms. The minimum Gasteiger partial charge on any atom is -0.324 e. The predicted molar refractivity (Wildman–Crippen MR) is 81.9 cm³/mol. The van der Waals surface area contributed by atoms with E-state index in [4.69, 9.17) is 5.73 Å². The van der Waals surface area contributed by atoms with Gasteiger partial charge in [-0.25, -0.2) is 0 Å². The average Bonchev–Trinajstić information content (AvgIpc) is 2.38. The summed E-state index contributed by atoms with van der Waals surface area (Å²) in [6, 6.07) is 10.7. The molecule has 1 fully saturated rings. The summed E-state index contributed by atoms with van der Waals surface area (Å²) in [5.74, 6) is 0.786. The highest BCUT2D eigenvalue weighted by Gasteiger charge is 2.32. The van der Waals surface area contributed by atoms with Crippen molar-refractivity contribution in [2.45, 2.75) is 51.6 Å². The van der Waals surface area contributed by atoms with Crippen LogP contribution in [0.15, 0.2) is 30.3 Å². The molecule has 0 aliphatic heterocycles. The first-order valence-electron chi connectivity index (χ1n) is 7.66. The Morgan fingerprint density at radius 3 is 2.68 bits per heavy atom. The molecule has 2 N–H and O–H groups in total. The fourth-order valence-electron chi connectivity index (χ4n) is 3.41. The third-order valence-electron chi connectivity index (χ3n) is 4.36. The summed E-state index contributed by atoms with van der Waals surface area (Å²) >= 11 is 0. The maximum absolute atomic E-state index is 6.64. The molecule has 1 aliphatic carbocycles. The van der Waals surface area contributed by atoms with E-state index in [2.05, 4.69) is 49.1 Å². The van der Waals surface area contributed by atoms with Crippen LogP contribution in [0, 0.1) is 5.92 Å². The van der Waals surface area contributed by atoms with Crippen molar-refractivity contribution in [3.05, 3.63) is 35.9 Å². The van der Waals surface area contributed by atoms with E-state index in [1.54, 1.807) is 0 Å². The molecule has 2 heteroatoms. The Hall–Kier alpha value is -0.860. The van der Waals surface area contributed by atoms with Gasteiger partial charge in [-0.3, -0.25) is 4.90 Å². The van der Waals surface area contributed by atoms with E-state index in [0.29, 0.717) is 0 Å². The second-order valence-corrected chi connectivity index (χ2v) is 6.35. The summed E-state index contributed by atoms with van der Waals surface area (Å²) < 4.78 is 0. The monoisotopic (exact) mass is 260 g/mol. The lowest BCUT2D eigenvalue weighted by Gasteiger charge is -2.40. The van der Waals surface area contributed by atoms with Gasteiger partial charge >= 0.3 is 0 Å². The fourth-order valence-corrected chi connectivity index (χ4v) is 3.41. The second-order valence-electron chi connectivity index (χ2n) is 6.35. The van der Waals surface area contributed by atoms with E-state index < -0.39 is 0 Å². The highest BCUT2D eigenvalue weighted by Crippen LogP contribution is 2.31. The first-order chi connectivity index (χ1) is 9.11. The van der Waals surface area contributed by atoms with Gasteiger partial charge in [0, 0.05) is 18.6 Å². The van der Waals surface area contributed by atoms with Crippen LogP contribution in [0.2, 0.25) is 0 Å². The molecule has 106 valence electrons. The molecular weight excluding hydrogens is 232 g/mol. The highest BCUT2D eigenvalue weighted by atomic mass is 15.1. The summed E-state index contributed by atoms with van der Waals surface area (Å²) in [4.78, 5) is 2.49. The Bertz CT molecular complexity index is 376. The van der Waals surface area contributed by atoms with Gasteiger partial charge in [0.1, 0.15) is 0 Å². The van der Waals surface area contributed by atoms with Crippen LogP contribution in [0.3, 0.4) is 0 Å². The van der Waals surface area contributed by atoms with Crippen LogP contribution in [-0.4, -0.2) is 23.5 Å². The Balaban J connectivity index is 1.95. The number of hydrogen-bond acceptors (Lipinski definition) is 2. The molecule has 0 amide bonds. The SMILES string of the molecule is CCN(Cc1ccccc1)CC1(N)CCCC(C)C1. The molecule has 2 atom stereocenters.